The maximum Gasteiger partial charge on any atom is 0.408 e. The van der Waals surface area contributed by atoms with Gasteiger partial charge in [-0.25, -0.2) is 4.79 Å². The molecule has 2 N–H and O–H groups in total. The van der Waals surface area contributed by atoms with Crippen LogP contribution in [0.3, 0.4) is 0 Å². The number of para-hydroxylation sites is 1. The van der Waals surface area contributed by atoms with Gasteiger partial charge >= 0.3 is 6.09 Å². The third kappa shape index (κ3) is 7.68. The summed E-state index contributed by atoms with van der Waals surface area (Å²) in [4.78, 5) is 25.2. The Bertz CT molecular complexity index is 1020. The molecule has 6 nitrogen and oxygen atoms in total. The van der Waals surface area contributed by atoms with E-state index in [4.69, 9.17) is 9.47 Å². The minimum Gasteiger partial charge on any atom is -0.491 e. The number of carbonyl (C=O) groups excluding carboxylic acids is 2. The first-order chi connectivity index (χ1) is 16.0. The van der Waals surface area contributed by atoms with Crippen LogP contribution in [0.2, 0.25) is 0 Å². The van der Waals surface area contributed by atoms with Crippen LogP contribution in [0.25, 0.3) is 0 Å². The molecule has 0 aliphatic rings. The average molecular weight is 447 g/mol. The van der Waals surface area contributed by atoms with Crippen LogP contribution in [0.15, 0.2) is 78.9 Å². The Morgan fingerprint density at radius 3 is 2.06 bits per heavy atom. The number of aryl methyl sites for hydroxylation is 2. The lowest BCUT2D eigenvalue weighted by Crippen LogP contribution is -2.48. The first kappa shape index (κ1) is 23.9. The summed E-state index contributed by atoms with van der Waals surface area (Å²) in [5, 5.41) is 5.56. The predicted octanol–water partition coefficient (Wildman–Crippen LogP) is 4.34. The molecule has 3 aromatic carbocycles. The van der Waals surface area contributed by atoms with E-state index in [1.165, 1.54) is 0 Å². The Labute approximate surface area is 194 Å². The van der Waals surface area contributed by atoms with E-state index in [0.29, 0.717) is 19.6 Å². The van der Waals surface area contributed by atoms with E-state index < -0.39 is 12.1 Å². The van der Waals surface area contributed by atoms with Gasteiger partial charge in [0.05, 0.1) is 6.54 Å². The molecule has 0 aliphatic heterocycles. The average Bonchev–Trinajstić information content (AvgIpc) is 2.83. The fourth-order valence-corrected chi connectivity index (χ4v) is 3.44. The molecule has 0 saturated carbocycles. The monoisotopic (exact) mass is 446 g/mol. The summed E-state index contributed by atoms with van der Waals surface area (Å²) in [6, 6.07) is 24.1. The smallest absolute Gasteiger partial charge is 0.408 e. The fourth-order valence-electron chi connectivity index (χ4n) is 3.44. The van der Waals surface area contributed by atoms with E-state index in [0.717, 1.165) is 28.0 Å². The van der Waals surface area contributed by atoms with Crippen molar-refractivity contribution in [2.24, 2.45) is 0 Å². The summed E-state index contributed by atoms with van der Waals surface area (Å²) in [6.07, 6.45) is -0.285. The highest BCUT2D eigenvalue weighted by Gasteiger charge is 2.22. The van der Waals surface area contributed by atoms with E-state index in [9.17, 15) is 9.59 Å². The van der Waals surface area contributed by atoms with Gasteiger partial charge in [0.25, 0.3) is 0 Å². The maximum atomic E-state index is 12.9. The number of carbonyl (C=O) groups is 2. The summed E-state index contributed by atoms with van der Waals surface area (Å²) < 4.78 is 11.2. The molecule has 0 saturated heterocycles. The van der Waals surface area contributed by atoms with Crippen LogP contribution in [0.1, 0.15) is 22.3 Å². The molecule has 2 amide bonds. The number of hydrogen-bond acceptors (Lipinski definition) is 4. The molecule has 33 heavy (non-hydrogen) atoms. The summed E-state index contributed by atoms with van der Waals surface area (Å²) in [6.45, 7) is 4.76. The number of nitrogens with one attached hydrogen (secondary N) is 2. The minimum atomic E-state index is -0.768. The highest BCUT2D eigenvalue weighted by atomic mass is 16.5. The predicted molar refractivity (Wildman–Crippen MR) is 128 cm³/mol. The van der Waals surface area contributed by atoms with Gasteiger partial charge in [0, 0.05) is 6.42 Å². The highest BCUT2D eigenvalue weighted by Crippen LogP contribution is 2.21. The van der Waals surface area contributed by atoms with Crippen molar-refractivity contribution in [1.29, 1.82) is 0 Å². The number of amides is 2. The Morgan fingerprint density at radius 2 is 1.42 bits per heavy atom. The van der Waals surface area contributed by atoms with Gasteiger partial charge in [-0.15, -0.1) is 0 Å². The van der Waals surface area contributed by atoms with Gasteiger partial charge in [-0.3, -0.25) is 4.79 Å². The van der Waals surface area contributed by atoms with Crippen molar-refractivity contribution in [2.45, 2.75) is 32.9 Å². The Balaban J connectivity index is 1.54. The molecule has 0 aliphatic carbocycles. The van der Waals surface area contributed by atoms with Gasteiger partial charge in [0.15, 0.2) is 0 Å². The van der Waals surface area contributed by atoms with Crippen molar-refractivity contribution >= 4 is 12.0 Å². The first-order valence-electron chi connectivity index (χ1n) is 11.0. The first-order valence-corrected chi connectivity index (χ1v) is 11.0. The van der Waals surface area contributed by atoms with E-state index in [-0.39, 0.29) is 12.5 Å². The van der Waals surface area contributed by atoms with Crippen molar-refractivity contribution in [3.63, 3.8) is 0 Å². The van der Waals surface area contributed by atoms with Crippen molar-refractivity contribution in [1.82, 2.24) is 10.6 Å². The van der Waals surface area contributed by atoms with Crippen LogP contribution in [0, 0.1) is 13.8 Å². The SMILES string of the molecule is Cc1cccc(C)c1OCCNC(=O)[C@@H](Cc1ccccc1)NC(=O)OCc1ccccc1. The third-order valence-corrected chi connectivity index (χ3v) is 5.16. The van der Waals surface area contributed by atoms with Gasteiger partial charge < -0.3 is 20.1 Å². The molecule has 3 rings (SSSR count). The van der Waals surface area contributed by atoms with Gasteiger partial charge in [0.2, 0.25) is 5.91 Å². The van der Waals surface area contributed by atoms with Crippen molar-refractivity contribution in [2.75, 3.05) is 13.2 Å². The quantitative estimate of drug-likeness (QED) is 0.455. The van der Waals surface area contributed by atoms with Gasteiger partial charge in [-0.05, 0) is 36.1 Å². The number of rotatable bonds is 10. The second-order valence-corrected chi connectivity index (χ2v) is 7.81. The van der Waals surface area contributed by atoms with Crippen LogP contribution in [-0.4, -0.2) is 31.2 Å². The fraction of sp³-hybridized carbons (Fsp3) is 0.259. The molecule has 3 aromatic rings. The van der Waals surface area contributed by atoms with Crippen LogP contribution in [0.5, 0.6) is 5.75 Å². The highest BCUT2D eigenvalue weighted by molar-refractivity contribution is 5.85. The standard InChI is InChI=1S/C27H30N2O4/c1-20-10-9-11-21(2)25(20)32-17-16-28-26(30)24(18-22-12-5-3-6-13-22)29-27(31)33-19-23-14-7-4-8-15-23/h3-15,24H,16-19H2,1-2H3,(H,28,30)(H,29,31)/t24-/m1/s1. The zero-order valence-corrected chi connectivity index (χ0v) is 19.0. The molecule has 0 bridgehead atoms. The molecule has 6 heteroatoms. The molecule has 172 valence electrons. The normalized spacial score (nSPS) is 11.3. The van der Waals surface area contributed by atoms with Crippen LogP contribution in [-0.2, 0) is 22.6 Å². The third-order valence-electron chi connectivity index (χ3n) is 5.16. The van der Waals surface area contributed by atoms with Crippen LogP contribution >= 0.6 is 0 Å². The summed E-state index contributed by atoms with van der Waals surface area (Å²) >= 11 is 0. The topological polar surface area (TPSA) is 76.7 Å². The minimum absolute atomic E-state index is 0.135. The summed E-state index contributed by atoms with van der Waals surface area (Å²) in [7, 11) is 0. The molecular weight excluding hydrogens is 416 g/mol. The van der Waals surface area contributed by atoms with E-state index >= 15 is 0 Å². The van der Waals surface area contributed by atoms with E-state index in [1.807, 2.05) is 92.7 Å². The van der Waals surface area contributed by atoms with E-state index in [1.54, 1.807) is 0 Å². The number of ether oxygens (including phenoxy) is 2. The lowest BCUT2D eigenvalue weighted by Gasteiger charge is -2.19. The van der Waals surface area contributed by atoms with Crippen molar-refractivity contribution in [3.8, 4) is 5.75 Å². The van der Waals surface area contributed by atoms with Gasteiger partial charge in [0.1, 0.15) is 25.0 Å². The van der Waals surface area contributed by atoms with Crippen LogP contribution in [0.4, 0.5) is 4.79 Å². The Hall–Kier alpha value is -3.80. The van der Waals surface area contributed by atoms with Crippen molar-refractivity contribution < 1.29 is 19.1 Å². The maximum absolute atomic E-state index is 12.9. The molecule has 0 fully saturated rings. The largest absolute Gasteiger partial charge is 0.491 e. The van der Waals surface area contributed by atoms with E-state index in [2.05, 4.69) is 10.6 Å². The second kappa shape index (κ2) is 12.3. The molecule has 1 atom stereocenters. The Morgan fingerprint density at radius 1 is 0.818 bits per heavy atom. The molecule has 0 heterocycles. The zero-order chi connectivity index (χ0) is 23.5. The molecule has 0 unspecified atom stereocenters. The van der Waals surface area contributed by atoms with Crippen molar-refractivity contribution in [3.05, 3.63) is 101 Å². The zero-order valence-electron chi connectivity index (χ0n) is 19.0. The second-order valence-electron chi connectivity index (χ2n) is 7.81. The van der Waals surface area contributed by atoms with Gasteiger partial charge in [-0.1, -0.05) is 78.9 Å². The molecule has 0 aromatic heterocycles. The summed E-state index contributed by atoms with van der Waals surface area (Å²) in [5.74, 6) is 0.538. The molecule has 0 radical (unpaired) electrons. The lowest BCUT2D eigenvalue weighted by molar-refractivity contribution is -0.123. The van der Waals surface area contributed by atoms with Gasteiger partial charge in [-0.2, -0.15) is 0 Å². The van der Waals surface area contributed by atoms with Crippen LogP contribution < -0.4 is 15.4 Å². The number of hydrogen-bond donors (Lipinski definition) is 2. The molecule has 0 spiro atoms. The lowest BCUT2D eigenvalue weighted by atomic mass is 10.1. The Kier molecular flexibility index (Phi) is 8.88. The molecular formula is C27H30N2O4. The summed E-state index contributed by atoms with van der Waals surface area (Å²) in [5.41, 5.74) is 3.91. The number of benzene rings is 3. The number of alkyl carbamates (subject to hydrolysis) is 1.